The number of hydrogen-bond donors (Lipinski definition) is 2. The van der Waals surface area contributed by atoms with Crippen molar-refractivity contribution in [3.05, 3.63) is 0 Å². The average molecular weight is 326 g/mol. The summed E-state index contributed by atoms with van der Waals surface area (Å²) in [5.41, 5.74) is 0. The van der Waals surface area contributed by atoms with Gasteiger partial charge in [0.1, 0.15) is 0 Å². The summed E-state index contributed by atoms with van der Waals surface area (Å²) in [6, 6.07) is 0.462. The normalized spacial score (nSPS) is 25.7. The molecule has 0 aromatic carbocycles. The van der Waals surface area contributed by atoms with E-state index in [0.29, 0.717) is 25.7 Å². The number of carbonyl (C=O) groups is 2. The third kappa shape index (κ3) is 5.57. The van der Waals surface area contributed by atoms with Crippen molar-refractivity contribution in [2.75, 3.05) is 39.8 Å². The second kappa shape index (κ2) is 8.96. The molecule has 132 valence electrons. The Hall–Kier alpha value is -1.50. The smallest absolute Gasteiger partial charge is 0.409 e. The van der Waals surface area contributed by atoms with Crippen LogP contribution in [0.2, 0.25) is 0 Å². The largest absolute Gasteiger partial charge is 0.453 e. The maximum Gasteiger partial charge on any atom is 0.409 e. The number of piperidine rings is 2. The molecule has 0 aliphatic carbocycles. The predicted molar refractivity (Wildman–Crippen MR) is 88.4 cm³/mol. The topological polar surface area (TPSA) is 73.9 Å². The SMILES string of the molecule is COC(=O)N1CCC[C@H](NC(=O)NCCN2CCCC[C@@H]2C)C1. The van der Waals surface area contributed by atoms with Gasteiger partial charge in [-0.25, -0.2) is 9.59 Å². The molecule has 2 heterocycles. The van der Waals surface area contributed by atoms with Crippen LogP contribution < -0.4 is 10.6 Å². The Balaban J connectivity index is 1.65. The Labute approximate surface area is 138 Å². The maximum absolute atomic E-state index is 12.0. The van der Waals surface area contributed by atoms with E-state index in [1.54, 1.807) is 4.90 Å². The highest BCUT2D eigenvalue weighted by Crippen LogP contribution is 2.15. The number of nitrogens with zero attached hydrogens (tertiary/aromatic N) is 2. The van der Waals surface area contributed by atoms with Crippen molar-refractivity contribution in [2.24, 2.45) is 0 Å². The van der Waals surface area contributed by atoms with Gasteiger partial charge in [-0.2, -0.15) is 0 Å². The molecule has 3 amide bonds. The van der Waals surface area contributed by atoms with Crippen LogP contribution in [0.5, 0.6) is 0 Å². The third-order valence-corrected chi connectivity index (χ3v) is 4.81. The minimum absolute atomic E-state index is 0.00300. The number of amides is 3. The summed E-state index contributed by atoms with van der Waals surface area (Å²) in [5, 5.41) is 5.89. The molecular formula is C16H30N4O3. The minimum atomic E-state index is -0.323. The number of nitrogens with one attached hydrogen (secondary N) is 2. The van der Waals surface area contributed by atoms with Gasteiger partial charge in [0, 0.05) is 38.3 Å². The van der Waals surface area contributed by atoms with E-state index in [-0.39, 0.29) is 18.2 Å². The van der Waals surface area contributed by atoms with Gasteiger partial charge in [0.25, 0.3) is 0 Å². The first-order chi connectivity index (χ1) is 11.1. The Kier molecular flexibility index (Phi) is 6.95. The standard InChI is InChI=1S/C16H30N4O3/c1-13-6-3-4-9-19(13)11-8-17-15(21)18-14-7-5-10-20(12-14)16(22)23-2/h13-14H,3-12H2,1-2H3,(H2,17,18,21)/t13-,14-/m0/s1. The first-order valence-corrected chi connectivity index (χ1v) is 8.71. The molecule has 2 atom stereocenters. The summed E-state index contributed by atoms with van der Waals surface area (Å²) in [6.07, 6.45) is 5.26. The van der Waals surface area contributed by atoms with E-state index in [9.17, 15) is 9.59 Å². The molecule has 0 aromatic rings. The number of methoxy groups -OCH3 is 1. The number of carbonyl (C=O) groups excluding carboxylic acids is 2. The van der Waals surface area contributed by atoms with E-state index in [1.807, 2.05) is 0 Å². The zero-order valence-corrected chi connectivity index (χ0v) is 14.3. The number of rotatable bonds is 4. The lowest BCUT2D eigenvalue weighted by Gasteiger charge is -2.33. The second-order valence-corrected chi connectivity index (χ2v) is 6.54. The van der Waals surface area contributed by atoms with Crippen molar-refractivity contribution in [2.45, 2.75) is 51.1 Å². The summed E-state index contributed by atoms with van der Waals surface area (Å²) in [5.74, 6) is 0. The van der Waals surface area contributed by atoms with Gasteiger partial charge in [-0.15, -0.1) is 0 Å². The summed E-state index contributed by atoms with van der Waals surface area (Å²) in [7, 11) is 1.38. The molecule has 2 saturated heterocycles. The van der Waals surface area contributed by atoms with E-state index in [2.05, 4.69) is 22.5 Å². The van der Waals surface area contributed by atoms with Crippen LogP contribution in [0.3, 0.4) is 0 Å². The van der Waals surface area contributed by atoms with E-state index in [1.165, 1.54) is 26.4 Å². The first-order valence-electron chi connectivity index (χ1n) is 8.71. The van der Waals surface area contributed by atoms with E-state index < -0.39 is 0 Å². The average Bonchev–Trinajstić information content (AvgIpc) is 2.56. The van der Waals surface area contributed by atoms with Crippen LogP contribution in [-0.2, 0) is 4.74 Å². The van der Waals surface area contributed by atoms with Gasteiger partial charge in [0.2, 0.25) is 0 Å². The van der Waals surface area contributed by atoms with Crippen LogP contribution in [-0.4, -0.2) is 73.8 Å². The van der Waals surface area contributed by atoms with Crippen LogP contribution >= 0.6 is 0 Å². The molecule has 23 heavy (non-hydrogen) atoms. The van der Waals surface area contributed by atoms with Gasteiger partial charge in [-0.05, 0) is 39.2 Å². The molecule has 2 rings (SSSR count). The van der Waals surface area contributed by atoms with Crippen LogP contribution in [0.1, 0.15) is 39.0 Å². The molecule has 0 radical (unpaired) electrons. The van der Waals surface area contributed by atoms with Crippen LogP contribution in [0, 0.1) is 0 Å². The van der Waals surface area contributed by atoms with Crippen LogP contribution in [0.15, 0.2) is 0 Å². The highest BCUT2D eigenvalue weighted by Gasteiger charge is 2.25. The number of ether oxygens (including phenoxy) is 1. The summed E-state index contributed by atoms with van der Waals surface area (Å²) >= 11 is 0. The first kappa shape index (κ1) is 17.8. The Morgan fingerprint density at radius 1 is 1.17 bits per heavy atom. The zero-order valence-electron chi connectivity index (χ0n) is 14.3. The Morgan fingerprint density at radius 2 is 2.00 bits per heavy atom. The summed E-state index contributed by atoms with van der Waals surface area (Å²) in [6.45, 7) is 6.14. The van der Waals surface area contributed by atoms with E-state index >= 15 is 0 Å². The van der Waals surface area contributed by atoms with Gasteiger partial charge in [0.15, 0.2) is 0 Å². The highest BCUT2D eigenvalue weighted by molar-refractivity contribution is 5.74. The van der Waals surface area contributed by atoms with Crippen molar-refractivity contribution in [3.63, 3.8) is 0 Å². The molecule has 0 saturated carbocycles. The molecule has 7 heteroatoms. The number of likely N-dealkylation sites (tertiary alicyclic amines) is 2. The second-order valence-electron chi connectivity index (χ2n) is 6.54. The molecule has 7 nitrogen and oxygen atoms in total. The van der Waals surface area contributed by atoms with Crippen LogP contribution in [0.25, 0.3) is 0 Å². The van der Waals surface area contributed by atoms with Gasteiger partial charge in [-0.1, -0.05) is 6.42 Å². The van der Waals surface area contributed by atoms with Gasteiger partial charge in [-0.3, -0.25) is 4.90 Å². The van der Waals surface area contributed by atoms with Crippen molar-refractivity contribution in [1.82, 2.24) is 20.4 Å². The van der Waals surface area contributed by atoms with Gasteiger partial charge < -0.3 is 20.3 Å². The Morgan fingerprint density at radius 3 is 2.74 bits per heavy atom. The van der Waals surface area contributed by atoms with Gasteiger partial charge >= 0.3 is 12.1 Å². The summed E-state index contributed by atoms with van der Waals surface area (Å²) in [4.78, 5) is 27.6. The molecular weight excluding hydrogens is 296 g/mol. The van der Waals surface area contributed by atoms with Crippen molar-refractivity contribution < 1.29 is 14.3 Å². The van der Waals surface area contributed by atoms with Crippen LogP contribution in [0.4, 0.5) is 9.59 Å². The molecule has 0 unspecified atom stereocenters. The fraction of sp³-hybridized carbons (Fsp3) is 0.875. The van der Waals surface area contributed by atoms with Crippen molar-refractivity contribution in [3.8, 4) is 0 Å². The lowest BCUT2D eigenvalue weighted by molar-refractivity contribution is 0.108. The minimum Gasteiger partial charge on any atom is -0.453 e. The maximum atomic E-state index is 12.0. The molecule has 0 bridgehead atoms. The monoisotopic (exact) mass is 326 g/mol. The summed E-state index contributed by atoms with van der Waals surface area (Å²) < 4.78 is 4.74. The fourth-order valence-corrected chi connectivity index (χ4v) is 3.43. The molecule has 0 aromatic heterocycles. The molecule has 2 N–H and O–H groups in total. The Bertz CT molecular complexity index is 405. The molecule has 2 fully saturated rings. The molecule has 2 aliphatic rings. The lowest BCUT2D eigenvalue weighted by Crippen LogP contribution is -2.52. The number of hydrogen-bond acceptors (Lipinski definition) is 4. The van der Waals surface area contributed by atoms with Gasteiger partial charge in [0.05, 0.1) is 7.11 Å². The van der Waals surface area contributed by atoms with E-state index in [4.69, 9.17) is 4.74 Å². The lowest BCUT2D eigenvalue weighted by atomic mass is 10.0. The number of urea groups is 1. The molecule has 0 spiro atoms. The van der Waals surface area contributed by atoms with Crippen molar-refractivity contribution in [1.29, 1.82) is 0 Å². The highest BCUT2D eigenvalue weighted by atomic mass is 16.5. The fourth-order valence-electron chi connectivity index (χ4n) is 3.43. The van der Waals surface area contributed by atoms with Crippen molar-refractivity contribution >= 4 is 12.1 Å². The predicted octanol–water partition coefficient (Wildman–Crippen LogP) is 1.39. The quantitative estimate of drug-likeness (QED) is 0.819. The zero-order chi connectivity index (χ0) is 16.7. The molecule has 2 aliphatic heterocycles. The van der Waals surface area contributed by atoms with E-state index in [0.717, 1.165) is 25.9 Å². The third-order valence-electron chi connectivity index (χ3n) is 4.81.